The maximum atomic E-state index is 4.13. The number of benzene rings is 1. The Balaban J connectivity index is 2.57. The highest BCUT2D eigenvalue weighted by atomic mass is 32.1. The van der Waals surface area contributed by atoms with Crippen LogP contribution in [0.4, 0.5) is 5.69 Å². The van der Waals surface area contributed by atoms with Crippen LogP contribution in [0.3, 0.4) is 0 Å². The van der Waals surface area contributed by atoms with Crippen LogP contribution in [0.1, 0.15) is 12.5 Å². The van der Waals surface area contributed by atoms with E-state index in [0.29, 0.717) is 0 Å². The lowest BCUT2D eigenvalue weighted by atomic mass is 10.1. The van der Waals surface area contributed by atoms with E-state index < -0.39 is 0 Å². The maximum Gasteiger partial charge on any atom is 0.0366 e. The van der Waals surface area contributed by atoms with Crippen molar-refractivity contribution in [3.8, 4) is 0 Å². The summed E-state index contributed by atoms with van der Waals surface area (Å²) >= 11 is 4.13. The lowest BCUT2D eigenvalue weighted by Crippen LogP contribution is -2.16. The maximum absolute atomic E-state index is 4.13. The zero-order valence-corrected chi connectivity index (χ0v) is 10.4. The van der Waals surface area contributed by atoms with Crippen molar-refractivity contribution in [2.24, 2.45) is 0 Å². The molecular formula is C13H19NS. The molecule has 0 aliphatic heterocycles. The van der Waals surface area contributed by atoms with Crippen molar-refractivity contribution >= 4 is 18.3 Å². The van der Waals surface area contributed by atoms with Crippen molar-refractivity contribution in [2.75, 3.05) is 24.2 Å². The van der Waals surface area contributed by atoms with E-state index in [1.807, 2.05) is 0 Å². The first-order chi connectivity index (χ1) is 7.27. The predicted molar refractivity (Wildman–Crippen MR) is 72.1 cm³/mol. The van der Waals surface area contributed by atoms with E-state index in [9.17, 15) is 0 Å². The Labute approximate surface area is 98.2 Å². The van der Waals surface area contributed by atoms with Crippen LogP contribution in [0.25, 0.3) is 0 Å². The Morgan fingerprint density at radius 2 is 1.87 bits per heavy atom. The average molecular weight is 221 g/mol. The molecule has 0 saturated heterocycles. The molecule has 0 fully saturated rings. The summed E-state index contributed by atoms with van der Waals surface area (Å²) in [5.74, 6) is 0.808. The number of hydrogen-bond acceptors (Lipinski definition) is 2. The molecule has 0 spiro atoms. The molecule has 15 heavy (non-hydrogen) atoms. The molecule has 0 aliphatic carbocycles. The van der Waals surface area contributed by atoms with Crippen molar-refractivity contribution in [3.63, 3.8) is 0 Å². The van der Waals surface area contributed by atoms with Gasteiger partial charge in [0.1, 0.15) is 0 Å². The summed E-state index contributed by atoms with van der Waals surface area (Å²) in [6.45, 7) is 3.11. The third-order valence-electron chi connectivity index (χ3n) is 2.44. The van der Waals surface area contributed by atoms with E-state index >= 15 is 0 Å². The molecule has 0 aliphatic rings. The Morgan fingerprint density at radius 1 is 1.20 bits per heavy atom. The number of anilines is 1. The van der Waals surface area contributed by atoms with E-state index in [0.717, 1.165) is 18.7 Å². The smallest absolute Gasteiger partial charge is 0.0366 e. The number of thiol groups is 1. The predicted octanol–water partition coefficient (Wildman–Crippen LogP) is 3.17. The van der Waals surface area contributed by atoms with Crippen LogP contribution in [-0.4, -0.2) is 19.3 Å². The number of likely N-dealkylation sites (N-methyl/N-ethyl adjacent to an activating group) is 1. The van der Waals surface area contributed by atoms with E-state index in [4.69, 9.17) is 0 Å². The second-order valence-electron chi connectivity index (χ2n) is 3.55. The van der Waals surface area contributed by atoms with Gasteiger partial charge in [-0.15, -0.1) is 0 Å². The first-order valence-electron chi connectivity index (χ1n) is 5.34. The molecule has 0 unspecified atom stereocenters. The number of aryl methyl sites for hydroxylation is 1. The second kappa shape index (κ2) is 6.57. The van der Waals surface area contributed by atoms with Crippen molar-refractivity contribution in [2.45, 2.75) is 13.3 Å². The molecule has 0 aromatic heterocycles. The molecule has 1 rings (SSSR count). The van der Waals surface area contributed by atoms with Gasteiger partial charge in [-0.05, 0) is 24.1 Å². The molecule has 0 heterocycles. The van der Waals surface area contributed by atoms with Gasteiger partial charge in [0.05, 0.1) is 0 Å². The SMILES string of the molecule is CCc1ccc(N(C)CC=CCS)cc1. The van der Waals surface area contributed by atoms with E-state index in [2.05, 4.69) is 67.9 Å². The van der Waals surface area contributed by atoms with Gasteiger partial charge in [-0.3, -0.25) is 0 Å². The van der Waals surface area contributed by atoms with E-state index in [1.165, 1.54) is 11.3 Å². The van der Waals surface area contributed by atoms with Crippen LogP contribution in [-0.2, 0) is 6.42 Å². The number of rotatable bonds is 5. The first-order valence-corrected chi connectivity index (χ1v) is 5.97. The summed E-state index contributed by atoms with van der Waals surface area (Å²) in [4.78, 5) is 2.22. The van der Waals surface area contributed by atoms with Gasteiger partial charge in [-0.1, -0.05) is 31.2 Å². The average Bonchev–Trinajstić information content (AvgIpc) is 2.29. The summed E-state index contributed by atoms with van der Waals surface area (Å²) in [5.41, 5.74) is 2.65. The fourth-order valence-corrected chi connectivity index (χ4v) is 1.55. The highest BCUT2D eigenvalue weighted by molar-refractivity contribution is 7.80. The van der Waals surface area contributed by atoms with Crippen molar-refractivity contribution in [3.05, 3.63) is 42.0 Å². The fraction of sp³-hybridized carbons (Fsp3) is 0.385. The van der Waals surface area contributed by atoms with Crippen LogP contribution in [0.15, 0.2) is 36.4 Å². The van der Waals surface area contributed by atoms with Crippen molar-refractivity contribution in [1.82, 2.24) is 0 Å². The summed E-state index contributed by atoms with van der Waals surface area (Å²) in [6.07, 6.45) is 5.31. The molecule has 0 N–H and O–H groups in total. The lowest BCUT2D eigenvalue weighted by Gasteiger charge is -2.17. The molecule has 1 aromatic rings. The largest absolute Gasteiger partial charge is 0.371 e. The van der Waals surface area contributed by atoms with Gasteiger partial charge < -0.3 is 4.90 Å². The second-order valence-corrected chi connectivity index (χ2v) is 3.92. The summed E-state index contributed by atoms with van der Waals surface area (Å²) < 4.78 is 0. The highest BCUT2D eigenvalue weighted by Crippen LogP contribution is 2.13. The van der Waals surface area contributed by atoms with E-state index in [-0.39, 0.29) is 0 Å². The first kappa shape index (κ1) is 12.2. The molecule has 1 nitrogen and oxygen atoms in total. The van der Waals surface area contributed by atoms with Gasteiger partial charge in [0, 0.05) is 25.0 Å². The molecule has 1 aromatic carbocycles. The Kier molecular flexibility index (Phi) is 5.33. The molecule has 0 saturated carbocycles. The summed E-state index contributed by atoms with van der Waals surface area (Å²) in [6, 6.07) is 8.73. The Hall–Kier alpha value is -0.890. The quantitative estimate of drug-likeness (QED) is 0.590. The minimum atomic E-state index is 0.808. The standard InChI is InChI=1S/C13H19NS/c1-3-12-6-8-13(9-7-12)14(2)10-4-5-11-15/h4-9,15H,3,10-11H2,1-2H3. The summed E-state index contributed by atoms with van der Waals surface area (Å²) in [5, 5.41) is 0. The normalized spacial score (nSPS) is 10.9. The molecular weight excluding hydrogens is 202 g/mol. The zero-order valence-electron chi connectivity index (χ0n) is 9.48. The Morgan fingerprint density at radius 3 is 2.40 bits per heavy atom. The topological polar surface area (TPSA) is 3.24 Å². The third kappa shape index (κ3) is 4.00. The molecule has 82 valence electrons. The van der Waals surface area contributed by atoms with Crippen LogP contribution >= 0.6 is 12.6 Å². The van der Waals surface area contributed by atoms with Gasteiger partial charge in [0.15, 0.2) is 0 Å². The zero-order chi connectivity index (χ0) is 11.1. The summed E-state index contributed by atoms with van der Waals surface area (Å²) in [7, 11) is 2.10. The lowest BCUT2D eigenvalue weighted by molar-refractivity contribution is 1.02. The monoisotopic (exact) mass is 221 g/mol. The Bertz CT molecular complexity index is 303. The van der Waals surface area contributed by atoms with Gasteiger partial charge in [0.25, 0.3) is 0 Å². The third-order valence-corrected chi connectivity index (χ3v) is 2.65. The van der Waals surface area contributed by atoms with Gasteiger partial charge >= 0.3 is 0 Å². The van der Waals surface area contributed by atoms with E-state index in [1.54, 1.807) is 0 Å². The number of nitrogens with zero attached hydrogens (tertiary/aromatic N) is 1. The van der Waals surface area contributed by atoms with Gasteiger partial charge in [-0.25, -0.2) is 0 Å². The van der Waals surface area contributed by atoms with Gasteiger partial charge in [0.2, 0.25) is 0 Å². The fourth-order valence-electron chi connectivity index (χ4n) is 1.40. The van der Waals surface area contributed by atoms with Crippen LogP contribution in [0.5, 0.6) is 0 Å². The number of hydrogen-bond donors (Lipinski definition) is 1. The highest BCUT2D eigenvalue weighted by Gasteiger charge is 1.97. The molecule has 0 radical (unpaired) electrons. The minimum absolute atomic E-state index is 0.808. The van der Waals surface area contributed by atoms with Crippen molar-refractivity contribution < 1.29 is 0 Å². The van der Waals surface area contributed by atoms with Gasteiger partial charge in [-0.2, -0.15) is 12.6 Å². The van der Waals surface area contributed by atoms with Crippen LogP contribution < -0.4 is 4.90 Å². The van der Waals surface area contributed by atoms with Crippen LogP contribution in [0, 0.1) is 0 Å². The molecule has 0 bridgehead atoms. The minimum Gasteiger partial charge on any atom is -0.371 e. The molecule has 2 heteroatoms. The molecule has 0 amide bonds. The molecule has 0 atom stereocenters. The van der Waals surface area contributed by atoms with Crippen molar-refractivity contribution in [1.29, 1.82) is 0 Å². The van der Waals surface area contributed by atoms with Crippen LogP contribution in [0.2, 0.25) is 0 Å².